The molecule has 276 valence electrons. The normalized spacial score (nSPS) is 18.7. The van der Waals surface area contributed by atoms with Crippen LogP contribution in [0.15, 0.2) is 55.0 Å². The van der Waals surface area contributed by atoms with Crippen molar-refractivity contribution >= 4 is 29.4 Å². The zero-order valence-electron chi connectivity index (χ0n) is 28.5. The molecule has 2 aromatic carbocycles. The molecule has 2 aliphatic rings. The number of hydrogen-bond acceptors (Lipinski definition) is 7. The molecule has 1 saturated heterocycles. The predicted octanol–water partition coefficient (Wildman–Crippen LogP) is 6.51. The molecule has 0 bridgehead atoms. The van der Waals surface area contributed by atoms with E-state index in [4.69, 9.17) is 17.0 Å². The van der Waals surface area contributed by atoms with Gasteiger partial charge in [0.15, 0.2) is 11.8 Å². The van der Waals surface area contributed by atoms with Crippen molar-refractivity contribution in [2.24, 2.45) is 11.3 Å². The average molecular weight is 747 g/mol. The van der Waals surface area contributed by atoms with Crippen molar-refractivity contribution in [1.82, 2.24) is 45.3 Å². The van der Waals surface area contributed by atoms with Gasteiger partial charge >= 0.3 is 6.18 Å². The molecular formula is C34H36ClF5N10O2. The highest BCUT2D eigenvalue weighted by atomic mass is 35.5. The smallest absolute Gasteiger partial charge is 0.353 e. The molecule has 0 unspecified atom stereocenters. The zero-order valence-corrected chi connectivity index (χ0v) is 29.3. The summed E-state index contributed by atoms with van der Waals surface area (Å²) in [4.78, 5) is 33.8. The Labute approximate surface area is 300 Å². The number of aromatic nitrogens is 6. The van der Waals surface area contributed by atoms with E-state index < -0.39 is 65.5 Å². The quantitative estimate of drug-likeness (QED) is 0.140. The number of alkyl halides is 5. The van der Waals surface area contributed by atoms with Crippen molar-refractivity contribution in [3.05, 3.63) is 77.0 Å². The van der Waals surface area contributed by atoms with E-state index in [2.05, 4.69) is 30.9 Å². The number of benzene rings is 2. The van der Waals surface area contributed by atoms with E-state index in [1.807, 2.05) is 0 Å². The van der Waals surface area contributed by atoms with Gasteiger partial charge in [0.05, 0.1) is 34.4 Å². The van der Waals surface area contributed by atoms with Crippen molar-refractivity contribution in [2.75, 3.05) is 6.54 Å². The van der Waals surface area contributed by atoms with Crippen molar-refractivity contribution < 1.29 is 31.5 Å². The lowest BCUT2D eigenvalue weighted by molar-refractivity contribution is -0.218. The van der Waals surface area contributed by atoms with E-state index in [0.29, 0.717) is 11.3 Å². The monoisotopic (exact) mass is 746 g/mol. The molecule has 52 heavy (non-hydrogen) atoms. The van der Waals surface area contributed by atoms with Crippen molar-refractivity contribution in [2.45, 2.75) is 77.2 Å². The number of rotatable bonds is 12. The summed E-state index contributed by atoms with van der Waals surface area (Å²) in [6.45, 7) is 4.95. The Morgan fingerprint density at radius 1 is 1.12 bits per heavy atom. The maximum atomic E-state index is 14.9. The highest BCUT2D eigenvalue weighted by Gasteiger charge is 2.60. The number of hydrogen-bond donors (Lipinski definition) is 3. The average Bonchev–Trinajstić information content (AvgIpc) is 3.49. The lowest BCUT2D eigenvalue weighted by atomic mass is 9.74. The largest absolute Gasteiger partial charge is 0.394 e. The van der Waals surface area contributed by atoms with E-state index in [0.717, 1.165) is 42.6 Å². The molecule has 0 radical (unpaired) electrons. The molecule has 0 spiro atoms. The summed E-state index contributed by atoms with van der Waals surface area (Å²) < 4.78 is 72.0. The third kappa shape index (κ3) is 6.85. The molecule has 2 fully saturated rings. The summed E-state index contributed by atoms with van der Waals surface area (Å²) in [5.41, 5.74) is -3.00. The topological polar surface area (TPSA) is 147 Å². The highest BCUT2D eigenvalue weighted by Crippen LogP contribution is 2.49. The second-order valence-electron chi connectivity index (χ2n) is 13.9. The molecule has 3 N–H and O–H groups in total. The number of amides is 2. The lowest BCUT2D eigenvalue weighted by Crippen LogP contribution is -2.50. The Kier molecular flexibility index (Phi) is 9.61. The van der Waals surface area contributed by atoms with Crippen LogP contribution < -0.4 is 10.6 Å². The maximum Gasteiger partial charge on any atom is 0.394 e. The van der Waals surface area contributed by atoms with Crippen molar-refractivity contribution in [3.8, 4) is 16.9 Å². The number of nitrogens with one attached hydrogen (secondary N) is 3. The molecule has 18 heteroatoms. The number of carbonyl (C=O) groups is 2. The van der Waals surface area contributed by atoms with Gasteiger partial charge in [-0.3, -0.25) is 19.9 Å². The zero-order chi connectivity index (χ0) is 37.7. The summed E-state index contributed by atoms with van der Waals surface area (Å²) in [6, 6.07) is 9.52. The predicted molar refractivity (Wildman–Crippen MR) is 179 cm³/mol. The fourth-order valence-corrected chi connectivity index (χ4v) is 6.36. The van der Waals surface area contributed by atoms with Gasteiger partial charge in [-0.2, -0.15) is 33.3 Å². The fraction of sp³-hybridized carbons (Fsp3) is 0.441. The van der Waals surface area contributed by atoms with Crippen molar-refractivity contribution in [1.29, 1.82) is 5.41 Å². The second-order valence-corrected chi connectivity index (χ2v) is 14.3. The molecule has 1 aliphatic heterocycles. The van der Waals surface area contributed by atoms with Gasteiger partial charge in [0.1, 0.15) is 17.6 Å². The van der Waals surface area contributed by atoms with Crippen LogP contribution in [0.2, 0.25) is 5.02 Å². The first kappa shape index (κ1) is 36.8. The third-order valence-corrected chi connectivity index (χ3v) is 9.66. The number of halogens is 6. The van der Waals surface area contributed by atoms with Gasteiger partial charge in [-0.1, -0.05) is 69.6 Å². The van der Waals surface area contributed by atoms with Crippen LogP contribution in [0.4, 0.5) is 22.0 Å². The van der Waals surface area contributed by atoms with Crippen molar-refractivity contribution in [3.63, 3.8) is 0 Å². The fourth-order valence-electron chi connectivity index (χ4n) is 6.16. The van der Waals surface area contributed by atoms with Gasteiger partial charge < -0.3 is 10.6 Å². The van der Waals surface area contributed by atoms with E-state index in [9.17, 15) is 31.5 Å². The summed E-state index contributed by atoms with van der Waals surface area (Å²) >= 11 is 6.42. The SMILES string of the molecule is CC(C)C(=O)NC[C@H](c1ccc(Cl)c(-n2ncnc2C(F)F)c1)N1C(=N)N[C@](CC(C)(C)C(F)(F)F)(c2ccc(-c3cnn(C4CC4)n3)cc2)C1=O. The minimum absolute atomic E-state index is 0.000549. The molecule has 4 aromatic rings. The minimum atomic E-state index is -4.74. The maximum absolute atomic E-state index is 14.9. The Bertz CT molecular complexity index is 1990. The van der Waals surface area contributed by atoms with Gasteiger partial charge in [0, 0.05) is 18.0 Å². The Morgan fingerprint density at radius 2 is 1.81 bits per heavy atom. The number of guanidine groups is 1. The van der Waals surface area contributed by atoms with Crippen LogP contribution in [0.1, 0.15) is 82.4 Å². The van der Waals surface area contributed by atoms with Crippen LogP contribution in [0.5, 0.6) is 0 Å². The second kappa shape index (κ2) is 13.6. The number of carbonyl (C=O) groups excluding carboxylic acids is 2. The first-order chi connectivity index (χ1) is 24.4. The molecule has 3 heterocycles. The van der Waals surface area contributed by atoms with E-state index in [1.165, 1.54) is 30.3 Å². The summed E-state index contributed by atoms with van der Waals surface area (Å²) in [5, 5.41) is 27.3. The third-order valence-electron chi connectivity index (χ3n) is 9.34. The highest BCUT2D eigenvalue weighted by molar-refractivity contribution is 6.32. The molecule has 6 rings (SSSR count). The summed E-state index contributed by atoms with van der Waals surface area (Å²) in [6.07, 6.45) is -4.11. The summed E-state index contributed by atoms with van der Waals surface area (Å²) in [5.74, 6) is -3.01. The van der Waals surface area contributed by atoms with E-state index in [-0.39, 0.29) is 34.4 Å². The lowest BCUT2D eigenvalue weighted by Gasteiger charge is -2.37. The number of nitrogens with zero attached hydrogens (tertiary/aromatic N) is 7. The molecule has 2 amide bonds. The van der Waals surface area contributed by atoms with Crippen LogP contribution in [0.3, 0.4) is 0 Å². The van der Waals surface area contributed by atoms with Crippen LogP contribution in [0, 0.1) is 16.7 Å². The van der Waals surface area contributed by atoms with Crippen LogP contribution in [0.25, 0.3) is 16.9 Å². The first-order valence-corrected chi connectivity index (χ1v) is 16.9. The molecular weight excluding hydrogens is 711 g/mol. The molecule has 2 atom stereocenters. The standard InChI is InChI=1S/C34H36ClF5N10O2/c1-18(2)29(51)42-15-26(20-7-12-23(35)25(13-20)49-28(27(36)37)43-17-45-49)48-30(52)33(46-31(48)41,16-32(3,4)34(38,39)40)21-8-5-19(6-9-21)24-14-44-50(47-24)22-10-11-22/h5-9,12-14,17-18,22,26-27H,10-11,15-16H2,1-4H3,(H2,41,46)(H,42,51)/t26-,33-/m1/s1. The van der Waals surface area contributed by atoms with Gasteiger partial charge in [0.2, 0.25) is 5.91 Å². The van der Waals surface area contributed by atoms with Gasteiger partial charge in [-0.15, -0.1) is 0 Å². The summed E-state index contributed by atoms with van der Waals surface area (Å²) in [7, 11) is 0. The Hall–Kier alpha value is -4.93. The molecule has 2 aromatic heterocycles. The first-order valence-electron chi connectivity index (χ1n) is 16.5. The molecule has 1 aliphatic carbocycles. The van der Waals surface area contributed by atoms with E-state index in [1.54, 1.807) is 37.0 Å². The molecule has 1 saturated carbocycles. The van der Waals surface area contributed by atoms with Crippen LogP contribution in [-0.4, -0.2) is 65.2 Å². The Balaban J connectivity index is 1.44. The van der Waals surface area contributed by atoms with Gasteiger partial charge in [0.25, 0.3) is 12.3 Å². The van der Waals surface area contributed by atoms with E-state index >= 15 is 0 Å². The molecule has 12 nitrogen and oxygen atoms in total. The van der Waals surface area contributed by atoms with Crippen LogP contribution >= 0.6 is 11.6 Å². The Morgan fingerprint density at radius 3 is 2.42 bits per heavy atom. The van der Waals surface area contributed by atoms with Gasteiger partial charge in [-0.25, -0.2) is 18.4 Å². The van der Waals surface area contributed by atoms with Crippen LogP contribution in [-0.2, 0) is 15.1 Å². The minimum Gasteiger partial charge on any atom is -0.353 e. The van der Waals surface area contributed by atoms with Gasteiger partial charge in [-0.05, 0) is 42.5 Å².